The number of carboxylic acids is 1. The molecule has 0 amide bonds. The maximum atomic E-state index is 11.9. The Morgan fingerprint density at radius 3 is 1.96 bits per heavy atom. The predicted octanol–water partition coefficient (Wildman–Crippen LogP) is 1.13. The third-order valence-corrected chi connectivity index (χ3v) is 2.83. The summed E-state index contributed by atoms with van der Waals surface area (Å²) in [6, 6.07) is 3.35. The van der Waals surface area contributed by atoms with E-state index >= 15 is 0 Å². The van der Waals surface area contributed by atoms with Crippen molar-refractivity contribution in [3.05, 3.63) is 35.4 Å². The molecule has 2 aromatic rings. The van der Waals surface area contributed by atoms with Crippen molar-refractivity contribution in [2.75, 3.05) is 0 Å². The largest absolute Gasteiger partial charge is 0.508 e. The van der Waals surface area contributed by atoms with E-state index < -0.39 is 57.6 Å². The fraction of sp³-hybridized carbons (Fsp3) is 0. The first-order valence-electron chi connectivity index (χ1n) is 5.97. The summed E-state index contributed by atoms with van der Waals surface area (Å²) >= 11 is 0. The average Bonchev–Trinajstić information content (AvgIpc) is 2.42. The van der Waals surface area contributed by atoms with Gasteiger partial charge in [0.2, 0.25) is 5.75 Å². The molecule has 9 nitrogen and oxygen atoms in total. The van der Waals surface area contributed by atoms with Gasteiger partial charge in [-0.1, -0.05) is 0 Å². The van der Waals surface area contributed by atoms with Gasteiger partial charge in [-0.25, -0.2) is 9.59 Å². The van der Waals surface area contributed by atoms with Gasteiger partial charge in [0, 0.05) is 12.1 Å². The van der Waals surface area contributed by atoms with Crippen molar-refractivity contribution < 1.29 is 45.0 Å². The maximum Gasteiger partial charge on any atom is 0.351 e. The lowest BCUT2D eigenvalue weighted by Gasteiger charge is -2.11. The van der Waals surface area contributed by atoms with Crippen LogP contribution in [0, 0.1) is 0 Å². The van der Waals surface area contributed by atoms with Crippen LogP contribution in [0.1, 0.15) is 20.7 Å². The van der Waals surface area contributed by atoms with Crippen LogP contribution in [0.15, 0.2) is 24.3 Å². The molecule has 120 valence electrons. The zero-order valence-corrected chi connectivity index (χ0v) is 11.2. The van der Waals surface area contributed by atoms with Gasteiger partial charge in [0.25, 0.3) is 0 Å². The van der Waals surface area contributed by atoms with Crippen LogP contribution < -0.4 is 4.74 Å². The summed E-state index contributed by atoms with van der Waals surface area (Å²) in [5.41, 5.74) is -1.30. The van der Waals surface area contributed by atoms with Gasteiger partial charge < -0.3 is 35.4 Å². The van der Waals surface area contributed by atoms with Gasteiger partial charge >= 0.3 is 11.9 Å². The minimum absolute atomic E-state index is 0.497. The number of carboxylic acid groups (broad SMARTS) is 1. The van der Waals surface area contributed by atoms with Gasteiger partial charge in [0.05, 0.1) is 0 Å². The number of rotatable bonds is 3. The number of benzene rings is 2. The van der Waals surface area contributed by atoms with Gasteiger partial charge in [-0.15, -0.1) is 0 Å². The third-order valence-electron chi connectivity index (χ3n) is 2.83. The lowest BCUT2D eigenvalue weighted by molar-refractivity contribution is 0.0692. The van der Waals surface area contributed by atoms with Crippen LogP contribution in [0.4, 0.5) is 0 Å². The molecular weight excluding hydrogens is 312 g/mol. The number of esters is 1. The Balaban J connectivity index is 2.39. The molecule has 0 heterocycles. The molecule has 0 aliphatic carbocycles. The highest BCUT2D eigenvalue weighted by molar-refractivity contribution is 5.98. The van der Waals surface area contributed by atoms with E-state index in [1.54, 1.807) is 0 Å². The Morgan fingerprint density at radius 1 is 0.870 bits per heavy atom. The molecule has 0 saturated heterocycles. The van der Waals surface area contributed by atoms with Crippen LogP contribution in [0.3, 0.4) is 0 Å². The SMILES string of the molecule is O=C(O)c1ccc(OC(=O)c2c(O)cc(O)cc2O)c(O)c1O. The van der Waals surface area contributed by atoms with Crippen LogP contribution in [0.25, 0.3) is 0 Å². The van der Waals surface area contributed by atoms with Crippen LogP contribution >= 0.6 is 0 Å². The second-order valence-corrected chi connectivity index (χ2v) is 4.36. The molecule has 6 N–H and O–H groups in total. The van der Waals surface area contributed by atoms with Crippen molar-refractivity contribution in [2.24, 2.45) is 0 Å². The minimum atomic E-state index is -1.51. The highest BCUT2D eigenvalue weighted by Crippen LogP contribution is 2.39. The number of aromatic carboxylic acids is 1. The van der Waals surface area contributed by atoms with Crippen molar-refractivity contribution in [3.8, 4) is 34.5 Å². The molecule has 0 atom stereocenters. The van der Waals surface area contributed by atoms with Crippen LogP contribution in [-0.4, -0.2) is 42.6 Å². The molecule has 0 radical (unpaired) electrons. The summed E-state index contributed by atoms with van der Waals surface area (Å²) in [4.78, 5) is 22.7. The standard InChI is InChI=1S/C14H10O9/c15-5-3-7(16)10(8(17)4-5)14(22)23-9-2-1-6(13(20)21)11(18)12(9)19/h1-4,15-19H,(H,20,21). The minimum Gasteiger partial charge on any atom is -0.508 e. The molecule has 9 heteroatoms. The van der Waals surface area contributed by atoms with E-state index in [0.29, 0.717) is 0 Å². The van der Waals surface area contributed by atoms with Crippen molar-refractivity contribution in [3.63, 3.8) is 0 Å². The third kappa shape index (κ3) is 2.88. The summed E-state index contributed by atoms with van der Waals surface area (Å²) < 4.78 is 4.70. The number of carbonyl (C=O) groups excluding carboxylic acids is 1. The Labute approximate surface area is 127 Å². The van der Waals surface area contributed by atoms with E-state index in [-0.39, 0.29) is 0 Å². The molecule has 0 aromatic heterocycles. The zero-order valence-electron chi connectivity index (χ0n) is 11.2. The van der Waals surface area contributed by atoms with Gasteiger partial charge in [0.1, 0.15) is 28.4 Å². The van der Waals surface area contributed by atoms with Gasteiger partial charge in [-0.2, -0.15) is 0 Å². The summed E-state index contributed by atoms with van der Waals surface area (Å²) in [5, 5.41) is 56.2. The lowest BCUT2D eigenvalue weighted by Crippen LogP contribution is -2.09. The summed E-state index contributed by atoms with van der Waals surface area (Å²) in [6.07, 6.45) is 0. The second-order valence-electron chi connectivity index (χ2n) is 4.36. The van der Waals surface area contributed by atoms with Gasteiger partial charge in [0.15, 0.2) is 11.5 Å². The highest BCUT2D eigenvalue weighted by Gasteiger charge is 2.23. The molecule has 0 unspecified atom stereocenters. The number of phenolic OH excluding ortho intramolecular Hbond substituents is 4. The van der Waals surface area contributed by atoms with Gasteiger partial charge in [-0.05, 0) is 12.1 Å². The Kier molecular flexibility index (Phi) is 3.86. The zero-order chi connectivity index (χ0) is 17.3. The Bertz CT molecular complexity index is 787. The first-order chi connectivity index (χ1) is 10.7. The topological polar surface area (TPSA) is 165 Å². The maximum absolute atomic E-state index is 11.9. The Morgan fingerprint density at radius 2 is 1.43 bits per heavy atom. The molecule has 2 aromatic carbocycles. The first-order valence-corrected chi connectivity index (χ1v) is 5.97. The predicted molar refractivity (Wildman–Crippen MR) is 73.1 cm³/mol. The van der Waals surface area contributed by atoms with E-state index in [4.69, 9.17) is 14.9 Å². The molecule has 0 fully saturated rings. The van der Waals surface area contributed by atoms with Crippen molar-refractivity contribution in [1.29, 1.82) is 0 Å². The second kappa shape index (κ2) is 5.64. The van der Waals surface area contributed by atoms with E-state index in [0.717, 1.165) is 24.3 Å². The van der Waals surface area contributed by atoms with Crippen molar-refractivity contribution >= 4 is 11.9 Å². The van der Waals surface area contributed by atoms with E-state index in [2.05, 4.69) is 0 Å². The Hall–Kier alpha value is -3.62. The molecule has 0 aliphatic rings. The number of hydrogen-bond acceptors (Lipinski definition) is 8. The molecule has 23 heavy (non-hydrogen) atoms. The molecule has 0 saturated carbocycles. The van der Waals surface area contributed by atoms with E-state index in [1.165, 1.54) is 0 Å². The van der Waals surface area contributed by atoms with Crippen molar-refractivity contribution in [2.45, 2.75) is 0 Å². The van der Waals surface area contributed by atoms with E-state index in [9.17, 15) is 30.0 Å². The highest BCUT2D eigenvalue weighted by atomic mass is 16.5. The fourth-order valence-corrected chi connectivity index (χ4v) is 1.77. The summed E-state index contributed by atoms with van der Waals surface area (Å²) in [6.45, 7) is 0. The molecule has 0 bridgehead atoms. The monoisotopic (exact) mass is 322 g/mol. The smallest absolute Gasteiger partial charge is 0.351 e. The average molecular weight is 322 g/mol. The number of ether oxygens (including phenoxy) is 1. The first kappa shape index (κ1) is 15.8. The van der Waals surface area contributed by atoms with E-state index in [1.807, 2.05) is 0 Å². The number of hydrogen-bond donors (Lipinski definition) is 6. The quantitative estimate of drug-likeness (QED) is 0.276. The van der Waals surface area contributed by atoms with Crippen LogP contribution in [0.2, 0.25) is 0 Å². The van der Waals surface area contributed by atoms with Crippen LogP contribution in [0.5, 0.6) is 34.5 Å². The molecule has 0 aliphatic heterocycles. The van der Waals surface area contributed by atoms with Gasteiger partial charge in [-0.3, -0.25) is 0 Å². The number of phenols is 5. The van der Waals surface area contributed by atoms with Crippen LogP contribution in [-0.2, 0) is 0 Å². The summed E-state index contributed by atoms with van der Waals surface area (Å²) in [7, 11) is 0. The normalized spacial score (nSPS) is 10.3. The molecular formula is C14H10O9. The number of carbonyl (C=O) groups is 2. The fourth-order valence-electron chi connectivity index (χ4n) is 1.77. The molecule has 2 rings (SSSR count). The van der Waals surface area contributed by atoms with Crippen molar-refractivity contribution in [1.82, 2.24) is 0 Å². The molecule has 0 spiro atoms. The summed E-state index contributed by atoms with van der Waals surface area (Å²) in [5.74, 6) is -7.48. The number of aromatic hydroxyl groups is 5. The lowest BCUT2D eigenvalue weighted by atomic mass is 10.1.